The van der Waals surface area contributed by atoms with E-state index in [-0.39, 0.29) is 19.0 Å². The number of aryl methyl sites for hydroxylation is 2. The molecule has 0 bridgehead atoms. The molecule has 7 heteroatoms. The average Bonchev–Trinajstić information content (AvgIpc) is 3.33. The van der Waals surface area contributed by atoms with Crippen LogP contribution in [0.3, 0.4) is 0 Å². The van der Waals surface area contributed by atoms with Crippen LogP contribution < -0.4 is 0 Å². The van der Waals surface area contributed by atoms with Crippen LogP contribution in [0.5, 0.6) is 0 Å². The highest BCUT2D eigenvalue weighted by molar-refractivity contribution is 5.92. The minimum absolute atomic E-state index is 0.0211. The summed E-state index contributed by atoms with van der Waals surface area (Å²) >= 11 is 0. The van der Waals surface area contributed by atoms with Crippen LogP contribution in [0.15, 0.2) is 52.9 Å². The first-order valence-electron chi connectivity index (χ1n) is 9.84. The van der Waals surface area contributed by atoms with Crippen molar-refractivity contribution in [3.63, 3.8) is 0 Å². The highest BCUT2D eigenvalue weighted by atomic mass is 16.5. The summed E-state index contributed by atoms with van der Waals surface area (Å²) in [7, 11) is 0. The third kappa shape index (κ3) is 3.18. The number of carbonyl (C=O) groups is 1. The van der Waals surface area contributed by atoms with Gasteiger partial charge in [0, 0.05) is 23.2 Å². The topological polar surface area (TPSA) is 82.5 Å². The summed E-state index contributed by atoms with van der Waals surface area (Å²) in [6.45, 7) is 3.99. The molecule has 30 heavy (non-hydrogen) atoms. The fourth-order valence-corrected chi connectivity index (χ4v) is 3.76. The summed E-state index contributed by atoms with van der Waals surface area (Å²) in [4.78, 5) is 21.4. The van der Waals surface area contributed by atoms with Crippen molar-refractivity contribution < 1.29 is 13.9 Å². The Balaban J connectivity index is 1.30. The lowest BCUT2D eigenvalue weighted by atomic mass is 10.1. The Hall–Kier alpha value is -3.74. The molecule has 0 N–H and O–H groups in total. The van der Waals surface area contributed by atoms with Crippen LogP contribution >= 0.6 is 0 Å². The predicted molar refractivity (Wildman–Crippen MR) is 112 cm³/mol. The molecule has 3 aromatic heterocycles. The first kappa shape index (κ1) is 18.3. The highest BCUT2D eigenvalue weighted by Gasteiger charge is 2.16. The second kappa shape index (κ2) is 7.26. The molecule has 2 aromatic carbocycles. The van der Waals surface area contributed by atoms with Gasteiger partial charge in [0.05, 0.1) is 5.52 Å². The number of carbonyl (C=O) groups excluding carboxylic acids is 1. The number of nitrogens with zero attached hydrogens (tertiary/aromatic N) is 4. The average molecular weight is 400 g/mol. The molecule has 0 unspecified atom stereocenters. The van der Waals surface area contributed by atoms with Crippen molar-refractivity contribution in [1.29, 1.82) is 0 Å². The molecular weight excluding hydrogens is 380 g/mol. The quantitative estimate of drug-likeness (QED) is 0.409. The van der Waals surface area contributed by atoms with Crippen molar-refractivity contribution in [3.8, 4) is 0 Å². The van der Waals surface area contributed by atoms with E-state index in [1.807, 2.05) is 66.9 Å². The number of para-hydroxylation sites is 2. The second-order valence-corrected chi connectivity index (χ2v) is 7.25. The van der Waals surface area contributed by atoms with Crippen LogP contribution in [0, 0.1) is 13.8 Å². The van der Waals surface area contributed by atoms with Crippen molar-refractivity contribution in [2.75, 3.05) is 0 Å². The van der Waals surface area contributed by atoms with Crippen LogP contribution in [0.25, 0.3) is 27.6 Å². The van der Waals surface area contributed by atoms with Gasteiger partial charge in [0.1, 0.15) is 5.52 Å². The standard InChI is InChI=1S/C23H20N4O3/c1-14-16(15(2)27-23(24-14)17-7-3-4-8-18(17)26-27)11-12-22(28)29-13-21-25-19-9-5-6-10-20(19)30-21/h3-10H,11-13H2,1-2H3. The molecule has 0 fully saturated rings. The molecular formula is C23H20N4O3. The Labute approximate surface area is 172 Å². The summed E-state index contributed by atoms with van der Waals surface area (Å²) < 4.78 is 12.8. The summed E-state index contributed by atoms with van der Waals surface area (Å²) in [6.07, 6.45) is 0.777. The van der Waals surface area contributed by atoms with E-state index in [2.05, 4.69) is 10.1 Å². The van der Waals surface area contributed by atoms with Gasteiger partial charge >= 0.3 is 5.97 Å². The summed E-state index contributed by atoms with van der Waals surface area (Å²) in [6, 6.07) is 15.4. The van der Waals surface area contributed by atoms with Crippen LogP contribution in [0.2, 0.25) is 0 Å². The Kier molecular flexibility index (Phi) is 4.43. The Bertz CT molecular complexity index is 1370. The lowest BCUT2D eigenvalue weighted by Crippen LogP contribution is -2.10. The highest BCUT2D eigenvalue weighted by Crippen LogP contribution is 2.23. The van der Waals surface area contributed by atoms with Gasteiger partial charge in [-0.2, -0.15) is 5.10 Å². The summed E-state index contributed by atoms with van der Waals surface area (Å²) in [5.41, 5.74) is 6.07. The number of esters is 1. The van der Waals surface area contributed by atoms with E-state index >= 15 is 0 Å². The number of hydrogen-bond donors (Lipinski definition) is 0. The zero-order valence-corrected chi connectivity index (χ0v) is 16.8. The number of oxazole rings is 1. The Morgan fingerprint density at radius 3 is 2.63 bits per heavy atom. The van der Waals surface area contributed by atoms with Gasteiger partial charge in [-0.05, 0) is 50.1 Å². The molecule has 7 nitrogen and oxygen atoms in total. The molecule has 0 spiro atoms. The zero-order valence-electron chi connectivity index (χ0n) is 16.8. The molecule has 0 radical (unpaired) electrons. The van der Waals surface area contributed by atoms with Crippen molar-refractivity contribution in [2.45, 2.75) is 33.3 Å². The summed E-state index contributed by atoms with van der Waals surface area (Å²) in [5, 5.41) is 5.68. The normalized spacial score (nSPS) is 11.5. The van der Waals surface area contributed by atoms with Crippen molar-refractivity contribution in [3.05, 3.63) is 71.4 Å². The fraction of sp³-hybridized carbons (Fsp3) is 0.217. The van der Waals surface area contributed by atoms with Crippen LogP contribution in [0.1, 0.15) is 29.3 Å². The third-order valence-electron chi connectivity index (χ3n) is 5.29. The lowest BCUT2D eigenvalue weighted by Gasteiger charge is -2.10. The van der Waals surface area contributed by atoms with E-state index in [0.29, 0.717) is 17.9 Å². The van der Waals surface area contributed by atoms with E-state index in [0.717, 1.165) is 39.0 Å². The van der Waals surface area contributed by atoms with Crippen molar-refractivity contribution >= 4 is 33.6 Å². The first-order chi connectivity index (χ1) is 14.6. The molecule has 5 rings (SSSR count). The van der Waals surface area contributed by atoms with Crippen LogP contribution in [-0.4, -0.2) is 25.6 Å². The predicted octanol–water partition coefficient (Wildman–Crippen LogP) is 4.32. The lowest BCUT2D eigenvalue weighted by molar-refractivity contribution is -0.145. The van der Waals surface area contributed by atoms with Gasteiger partial charge in [-0.3, -0.25) is 4.79 Å². The molecule has 0 aliphatic rings. The maximum Gasteiger partial charge on any atom is 0.306 e. The van der Waals surface area contributed by atoms with E-state index in [4.69, 9.17) is 14.1 Å². The summed E-state index contributed by atoms with van der Waals surface area (Å²) in [5.74, 6) is 0.0880. The largest absolute Gasteiger partial charge is 0.456 e. The molecule has 0 aliphatic carbocycles. The van der Waals surface area contributed by atoms with Crippen LogP contribution in [0.4, 0.5) is 0 Å². The molecule has 3 heterocycles. The molecule has 0 amide bonds. The Morgan fingerprint density at radius 1 is 1.03 bits per heavy atom. The molecule has 150 valence electrons. The van der Waals surface area contributed by atoms with Crippen molar-refractivity contribution in [2.24, 2.45) is 0 Å². The number of aromatic nitrogens is 4. The molecule has 0 atom stereocenters. The maximum absolute atomic E-state index is 12.3. The smallest absolute Gasteiger partial charge is 0.306 e. The van der Waals surface area contributed by atoms with E-state index < -0.39 is 0 Å². The second-order valence-electron chi connectivity index (χ2n) is 7.25. The third-order valence-corrected chi connectivity index (χ3v) is 5.29. The van der Waals surface area contributed by atoms with Gasteiger partial charge in [-0.15, -0.1) is 0 Å². The minimum atomic E-state index is -0.304. The van der Waals surface area contributed by atoms with Gasteiger partial charge < -0.3 is 9.15 Å². The monoisotopic (exact) mass is 400 g/mol. The van der Waals surface area contributed by atoms with E-state index in [9.17, 15) is 4.79 Å². The SMILES string of the molecule is Cc1nc2c3ccccc3nn2c(C)c1CCC(=O)OCc1nc2ccccc2o1. The number of benzene rings is 2. The number of ether oxygens (including phenoxy) is 1. The zero-order chi connectivity index (χ0) is 20.7. The number of rotatable bonds is 5. The maximum atomic E-state index is 12.3. The van der Waals surface area contributed by atoms with Crippen molar-refractivity contribution in [1.82, 2.24) is 19.6 Å². The molecule has 5 aromatic rings. The number of hydrogen-bond acceptors (Lipinski definition) is 6. The molecule has 0 saturated heterocycles. The van der Waals surface area contributed by atoms with Crippen LogP contribution in [-0.2, 0) is 22.6 Å². The van der Waals surface area contributed by atoms with Gasteiger partial charge in [-0.25, -0.2) is 14.5 Å². The molecule has 0 saturated carbocycles. The fourth-order valence-electron chi connectivity index (χ4n) is 3.76. The minimum Gasteiger partial charge on any atom is -0.456 e. The first-order valence-corrected chi connectivity index (χ1v) is 9.84. The molecule has 0 aliphatic heterocycles. The van der Waals surface area contributed by atoms with Gasteiger partial charge in [0.15, 0.2) is 17.8 Å². The van der Waals surface area contributed by atoms with Gasteiger partial charge in [-0.1, -0.05) is 24.3 Å². The van der Waals surface area contributed by atoms with Gasteiger partial charge in [0.25, 0.3) is 0 Å². The van der Waals surface area contributed by atoms with E-state index in [1.165, 1.54) is 0 Å². The van der Waals surface area contributed by atoms with E-state index in [1.54, 1.807) is 0 Å². The Morgan fingerprint density at radius 2 is 1.80 bits per heavy atom. The number of fused-ring (bicyclic) bond motifs is 4. The van der Waals surface area contributed by atoms with Gasteiger partial charge in [0.2, 0.25) is 5.89 Å².